The van der Waals surface area contributed by atoms with Gasteiger partial charge in [-0.05, 0) is 37.3 Å². The second-order valence-corrected chi connectivity index (χ2v) is 8.86. The third-order valence-corrected chi connectivity index (χ3v) is 6.79. The summed E-state index contributed by atoms with van der Waals surface area (Å²) in [7, 11) is 0. The topological polar surface area (TPSA) is 41.5 Å². The van der Waals surface area contributed by atoms with Crippen molar-refractivity contribution in [3.8, 4) is 0 Å². The van der Waals surface area contributed by atoms with Gasteiger partial charge < -0.3 is 5.32 Å². The molecule has 3 nitrogen and oxygen atoms in total. The third kappa shape index (κ3) is 4.77. The number of nitrogens with zero attached hydrogens (tertiary/aromatic N) is 1. The van der Waals surface area contributed by atoms with Gasteiger partial charge >= 0.3 is 0 Å². The molecular weight excluding hydrogens is 324 g/mol. The monoisotopic (exact) mass is 348 g/mol. The second-order valence-electron chi connectivity index (χ2n) is 6.30. The van der Waals surface area contributed by atoms with Crippen molar-refractivity contribution in [3.63, 3.8) is 0 Å². The minimum Gasteiger partial charge on any atom is -0.355 e. The first-order valence-electron chi connectivity index (χ1n) is 8.46. The molecule has 1 aromatic carbocycles. The van der Waals surface area contributed by atoms with Crippen molar-refractivity contribution in [1.82, 2.24) is 5.32 Å². The molecule has 0 unspecified atom stereocenters. The molecule has 1 aliphatic carbocycles. The van der Waals surface area contributed by atoms with Gasteiger partial charge in [0.1, 0.15) is 4.38 Å². The maximum atomic E-state index is 12.3. The predicted octanol–water partition coefficient (Wildman–Crippen LogP) is 4.74. The molecule has 1 atom stereocenters. The van der Waals surface area contributed by atoms with E-state index in [4.69, 9.17) is 0 Å². The number of hydrogen-bond donors (Lipinski definition) is 1. The zero-order chi connectivity index (χ0) is 16.1. The lowest BCUT2D eigenvalue weighted by molar-refractivity contribution is -0.120. The minimum atomic E-state index is -0.0879. The van der Waals surface area contributed by atoms with Crippen LogP contribution >= 0.6 is 23.5 Å². The van der Waals surface area contributed by atoms with Crippen LogP contribution in [0.3, 0.4) is 0 Å². The largest absolute Gasteiger partial charge is 0.355 e. The summed E-state index contributed by atoms with van der Waals surface area (Å²) >= 11 is 3.31. The van der Waals surface area contributed by atoms with Crippen LogP contribution in [-0.4, -0.2) is 22.1 Å². The molecule has 5 heteroatoms. The Balaban J connectivity index is 1.49. The molecule has 0 bridgehead atoms. The Morgan fingerprint density at radius 1 is 1.35 bits per heavy atom. The number of aliphatic imine (C=N–C) groups is 1. The molecule has 1 N–H and O–H groups in total. The van der Waals surface area contributed by atoms with Gasteiger partial charge in [-0.2, -0.15) is 0 Å². The summed E-state index contributed by atoms with van der Waals surface area (Å²) in [6.45, 7) is 2.82. The fraction of sp³-hybridized carbons (Fsp3) is 0.556. The number of benzene rings is 1. The number of nitrogens with one attached hydrogen (secondary N) is 1. The van der Waals surface area contributed by atoms with Crippen LogP contribution in [0.2, 0.25) is 0 Å². The average Bonchev–Trinajstić information content (AvgIpc) is 2.60. The lowest BCUT2D eigenvalue weighted by Gasteiger charge is -2.23. The Kier molecular flexibility index (Phi) is 6.06. The Morgan fingerprint density at radius 3 is 2.96 bits per heavy atom. The van der Waals surface area contributed by atoms with Crippen molar-refractivity contribution in [2.75, 3.05) is 6.54 Å². The predicted molar refractivity (Wildman–Crippen MR) is 101 cm³/mol. The molecule has 3 rings (SSSR count). The van der Waals surface area contributed by atoms with Crippen LogP contribution in [0.15, 0.2) is 29.3 Å². The Hall–Kier alpha value is -0.940. The zero-order valence-electron chi connectivity index (χ0n) is 13.6. The molecule has 124 valence electrons. The number of fused-ring (bicyclic) bond motifs is 1. The van der Waals surface area contributed by atoms with Gasteiger partial charge in [-0.1, -0.05) is 61.0 Å². The summed E-state index contributed by atoms with van der Waals surface area (Å²) in [5.41, 5.74) is 2.32. The normalized spacial score (nSPS) is 19.6. The molecule has 2 aliphatic rings. The van der Waals surface area contributed by atoms with E-state index in [9.17, 15) is 4.79 Å². The van der Waals surface area contributed by atoms with Gasteiger partial charge in [0.15, 0.2) is 0 Å². The SMILES string of the molecule is C[C@H](SC1=Nc2ccccc2CS1)C(=O)NCC1CCCCC1. The number of carbonyl (C=O) groups excluding carboxylic acids is 1. The van der Waals surface area contributed by atoms with E-state index in [0.717, 1.165) is 22.4 Å². The molecular formula is C18H24N2OS2. The lowest BCUT2D eigenvalue weighted by atomic mass is 9.89. The molecule has 1 saturated carbocycles. The summed E-state index contributed by atoms with van der Waals surface area (Å²) in [4.78, 5) is 17.0. The van der Waals surface area contributed by atoms with Crippen LogP contribution in [-0.2, 0) is 10.5 Å². The van der Waals surface area contributed by atoms with Crippen LogP contribution in [0.25, 0.3) is 0 Å². The van der Waals surface area contributed by atoms with Gasteiger partial charge in [0, 0.05) is 12.3 Å². The van der Waals surface area contributed by atoms with E-state index in [-0.39, 0.29) is 11.2 Å². The van der Waals surface area contributed by atoms with Gasteiger partial charge in [0.25, 0.3) is 0 Å². The fourth-order valence-corrected chi connectivity index (χ4v) is 5.27. The third-order valence-electron chi connectivity index (χ3n) is 4.49. The highest BCUT2D eigenvalue weighted by Gasteiger charge is 2.21. The maximum absolute atomic E-state index is 12.3. The molecule has 1 amide bonds. The van der Waals surface area contributed by atoms with E-state index in [1.807, 2.05) is 25.1 Å². The van der Waals surface area contributed by atoms with Crippen molar-refractivity contribution in [3.05, 3.63) is 29.8 Å². The first-order chi connectivity index (χ1) is 11.2. The van der Waals surface area contributed by atoms with Gasteiger partial charge in [0.2, 0.25) is 5.91 Å². The van der Waals surface area contributed by atoms with Gasteiger partial charge in [-0.25, -0.2) is 4.99 Å². The zero-order valence-corrected chi connectivity index (χ0v) is 15.2. The van der Waals surface area contributed by atoms with Crippen molar-refractivity contribution < 1.29 is 4.79 Å². The van der Waals surface area contributed by atoms with Crippen LogP contribution in [0.4, 0.5) is 5.69 Å². The molecule has 1 aliphatic heterocycles. The Morgan fingerprint density at radius 2 is 2.13 bits per heavy atom. The first-order valence-corrected chi connectivity index (χ1v) is 10.3. The highest BCUT2D eigenvalue weighted by atomic mass is 32.2. The van der Waals surface area contributed by atoms with Crippen LogP contribution in [0.1, 0.15) is 44.6 Å². The Bertz CT molecular complexity index is 582. The number of thioether (sulfide) groups is 2. The van der Waals surface area contributed by atoms with Gasteiger partial charge in [-0.15, -0.1) is 0 Å². The van der Waals surface area contributed by atoms with Gasteiger partial charge in [0.05, 0.1) is 10.9 Å². The molecule has 1 heterocycles. The van der Waals surface area contributed by atoms with E-state index in [2.05, 4.69) is 16.4 Å². The molecule has 0 aromatic heterocycles. The fourth-order valence-electron chi connectivity index (χ4n) is 3.06. The van der Waals surface area contributed by atoms with Gasteiger partial charge in [-0.3, -0.25) is 4.79 Å². The van der Waals surface area contributed by atoms with E-state index in [0.29, 0.717) is 5.92 Å². The highest BCUT2D eigenvalue weighted by molar-refractivity contribution is 8.39. The summed E-state index contributed by atoms with van der Waals surface area (Å²) in [6.07, 6.45) is 6.52. The van der Waals surface area contributed by atoms with Crippen molar-refractivity contribution in [1.29, 1.82) is 0 Å². The van der Waals surface area contributed by atoms with Crippen molar-refractivity contribution in [2.24, 2.45) is 10.9 Å². The number of rotatable bonds is 4. The lowest BCUT2D eigenvalue weighted by Crippen LogP contribution is -2.35. The second kappa shape index (κ2) is 8.25. The summed E-state index contributed by atoms with van der Waals surface area (Å²) in [5, 5.41) is 3.05. The van der Waals surface area contributed by atoms with E-state index in [1.165, 1.54) is 37.7 Å². The number of amides is 1. The average molecular weight is 349 g/mol. The smallest absolute Gasteiger partial charge is 0.233 e. The minimum absolute atomic E-state index is 0.0879. The molecule has 1 fully saturated rings. The van der Waals surface area contributed by atoms with Crippen molar-refractivity contribution >= 4 is 39.5 Å². The van der Waals surface area contributed by atoms with E-state index < -0.39 is 0 Å². The summed E-state index contributed by atoms with van der Waals surface area (Å²) in [6, 6.07) is 8.23. The van der Waals surface area contributed by atoms with Crippen LogP contribution in [0, 0.1) is 5.92 Å². The molecule has 0 radical (unpaired) electrons. The number of para-hydroxylation sites is 1. The highest BCUT2D eigenvalue weighted by Crippen LogP contribution is 2.35. The maximum Gasteiger partial charge on any atom is 0.233 e. The number of carbonyl (C=O) groups is 1. The van der Waals surface area contributed by atoms with Crippen LogP contribution in [0.5, 0.6) is 0 Å². The first kappa shape index (κ1) is 16.9. The van der Waals surface area contributed by atoms with Crippen LogP contribution < -0.4 is 5.32 Å². The van der Waals surface area contributed by atoms with E-state index >= 15 is 0 Å². The molecule has 1 aromatic rings. The summed E-state index contributed by atoms with van der Waals surface area (Å²) in [5.74, 6) is 1.76. The Labute approximate surface area is 147 Å². The summed E-state index contributed by atoms with van der Waals surface area (Å²) < 4.78 is 1.00. The molecule has 0 spiro atoms. The van der Waals surface area contributed by atoms with Crippen molar-refractivity contribution in [2.45, 2.75) is 50.0 Å². The number of hydrogen-bond acceptors (Lipinski definition) is 4. The standard InChI is InChI=1S/C18H24N2OS2/c1-13(17(21)19-11-14-7-3-2-4-8-14)23-18-20-16-10-6-5-9-15(16)12-22-18/h5-6,9-10,13-14H,2-4,7-8,11-12H2,1H3,(H,19,21)/t13-/m0/s1. The van der Waals surface area contributed by atoms with E-state index in [1.54, 1.807) is 23.5 Å². The molecule has 0 saturated heterocycles. The quantitative estimate of drug-likeness (QED) is 0.854. The molecule has 23 heavy (non-hydrogen) atoms.